The largest absolute Gasteiger partial charge is 0.547 e. The maximum absolute atomic E-state index is 11.6. The van der Waals surface area contributed by atoms with Crippen LogP contribution >= 0.6 is 0 Å². The van der Waals surface area contributed by atoms with Crippen LogP contribution < -0.4 is 16.5 Å². The summed E-state index contributed by atoms with van der Waals surface area (Å²) >= 11 is 0. The van der Waals surface area contributed by atoms with Gasteiger partial charge in [-0.3, -0.25) is 4.57 Å². The number of ether oxygens (including phenoxy) is 1. The molecule has 5 atom stereocenters. The Labute approximate surface area is 111 Å². The van der Waals surface area contributed by atoms with Crippen LogP contribution in [-0.4, -0.2) is 55.3 Å². The first-order chi connectivity index (χ1) is 9.32. The molecule has 20 heavy (non-hydrogen) atoms. The number of aliphatic hydroxyl groups is 3. The predicted molar refractivity (Wildman–Crippen MR) is 59.8 cm³/mol. The molecule has 5 N–H and O–H groups in total. The van der Waals surface area contributed by atoms with E-state index in [4.69, 9.17) is 10.5 Å². The van der Waals surface area contributed by atoms with Gasteiger partial charge in [-0.05, 0) is 6.07 Å². The fraction of sp³-hybridized carbons (Fsp3) is 0.500. The number of nitrogens with two attached hydrogens (primary N) is 1. The van der Waals surface area contributed by atoms with E-state index in [0.717, 1.165) is 10.8 Å². The van der Waals surface area contributed by atoms with Crippen molar-refractivity contribution in [3.05, 3.63) is 22.7 Å². The van der Waals surface area contributed by atoms with Crippen molar-refractivity contribution in [1.29, 1.82) is 0 Å². The Balaban J connectivity index is 2.39. The SMILES string of the molecule is Nc1ccn([C@@H]2O[C@H](C(=O)[O-])[C@@H](O)[C@H](O)[C@H]2O)c(=O)n1. The molecule has 10 heteroatoms. The summed E-state index contributed by atoms with van der Waals surface area (Å²) in [5.74, 6) is -1.86. The highest BCUT2D eigenvalue weighted by Gasteiger charge is 2.45. The van der Waals surface area contributed by atoms with Crippen molar-refractivity contribution in [2.45, 2.75) is 30.6 Å². The normalized spacial score (nSPS) is 33.9. The van der Waals surface area contributed by atoms with Crippen molar-refractivity contribution in [3.8, 4) is 0 Å². The number of anilines is 1. The van der Waals surface area contributed by atoms with Crippen molar-refractivity contribution >= 4 is 11.8 Å². The van der Waals surface area contributed by atoms with Crippen LogP contribution in [0.25, 0.3) is 0 Å². The molecule has 2 heterocycles. The zero-order valence-corrected chi connectivity index (χ0v) is 9.99. The first kappa shape index (κ1) is 14.4. The molecule has 1 aliphatic rings. The molecule has 0 aliphatic carbocycles. The molecule has 0 bridgehead atoms. The lowest BCUT2D eigenvalue weighted by atomic mass is 9.98. The Hall–Kier alpha value is -2.01. The first-order valence-corrected chi connectivity index (χ1v) is 5.58. The third kappa shape index (κ3) is 2.36. The molecular weight excluding hydrogens is 274 g/mol. The van der Waals surface area contributed by atoms with Crippen LogP contribution in [0.4, 0.5) is 5.82 Å². The van der Waals surface area contributed by atoms with E-state index >= 15 is 0 Å². The third-order valence-electron chi connectivity index (χ3n) is 2.95. The second kappa shape index (κ2) is 5.17. The van der Waals surface area contributed by atoms with Gasteiger partial charge >= 0.3 is 5.69 Å². The van der Waals surface area contributed by atoms with Crippen LogP contribution in [-0.2, 0) is 9.53 Å². The highest BCUT2D eigenvalue weighted by atomic mass is 16.6. The molecule has 0 saturated carbocycles. The van der Waals surface area contributed by atoms with E-state index in [1.165, 1.54) is 6.07 Å². The number of aliphatic carboxylic acids is 1. The van der Waals surface area contributed by atoms with Crippen molar-refractivity contribution in [2.24, 2.45) is 0 Å². The average Bonchev–Trinajstić information content (AvgIpc) is 2.37. The number of hydrogen-bond donors (Lipinski definition) is 4. The molecular formula is C10H12N3O7-. The number of carbonyl (C=O) groups is 1. The molecule has 0 aromatic carbocycles. The topological polar surface area (TPSA) is 171 Å². The standard InChI is InChI=1S/C10H13N3O7/c11-3-1-2-13(10(19)12-3)8-6(16)4(14)5(15)7(20-8)9(17)18/h1-2,4-8,14-16H,(H,17,18)(H2,11,12,19)/p-1/t4-,5-,6+,7-,8+/m0/s1. The van der Waals surface area contributed by atoms with Crippen LogP contribution in [0.2, 0.25) is 0 Å². The maximum Gasteiger partial charge on any atom is 0.351 e. The van der Waals surface area contributed by atoms with E-state index in [1.807, 2.05) is 0 Å². The Morgan fingerprint density at radius 1 is 1.35 bits per heavy atom. The number of carboxylic acid groups (broad SMARTS) is 1. The minimum absolute atomic E-state index is 0.0754. The molecule has 110 valence electrons. The van der Waals surface area contributed by atoms with E-state index in [-0.39, 0.29) is 5.82 Å². The minimum Gasteiger partial charge on any atom is -0.547 e. The summed E-state index contributed by atoms with van der Waals surface area (Å²) < 4.78 is 5.67. The molecule has 1 aromatic heterocycles. The zero-order valence-electron chi connectivity index (χ0n) is 9.99. The van der Waals surface area contributed by atoms with Gasteiger partial charge < -0.3 is 35.7 Å². The fourth-order valence-corrected chi connectivity index (χ4v) is 1.91. The molecule has 0 amide bonds. The number of carbonyl (C=O) groups excluding carboxylic acids is 1. The number of aliphatic hydroxyl groups excluding tert-OH is 3. The number of rotatable bonds is 2. The molecule has 1 aromatic rings. The molecule has 2 rings (SSSR count). The lowest BCUT2D eigenvalue weighted by Crippen LogP contribution is -2.61. The van der Waals surface area contributed by atoms with Gasteiger partial charge in [0.2, 0.25) is 0 Å². The molecule has 0 unspecified atom stereocenters. The molecule has 10 nitrogen and oxygen atoms in total. The summed E-state index contributed by atoms with van der Waals surface area (Å²) in [6.07, 6.45) is -7.77. The van der Waals surface area contributed by atoms with Crippen LogP contribution in [0.3, 0.4) is 0 Å². The van der Waals surface area contributed by atoms with E-state index in [9.17, 15) is 30.0 Å². The van der Waals surface area contributed by atoms with Crippen molar-refractivity contribution in [3.63, 3.8) is 0 Å². The fourth-order valence-electron chi connectivity index (χ4n) is 1.91. The minimum atomic E-state index is -1.90. The third-order valence-corrected chi connectivity index (χ3v) is 2.95. The first-order valence-electron chi connectivity index (χ1n) is 5.58. The van der Waals surface area contributed by atoms with Gasteiger partial charge in [-0.1, -0.05) is 0 Å². The predicted octanol–water partition coefficient (Wildman–Crippen LogP) is -4.44. The van der Waals surface area contributed by atoms with Crippen molar-refractivity contribution in [1.82, 2.24) is 9.55 Å². The van der Waals surface area contributed by atoms with Crippen molar-refractivity contribution < 1.29 is 30.0 Å². The van der Waals surface area contributed by atoms with E-state index in [2.05, 4.69) is 4.98 Å². The summed E-state index contributed by atoms with van der Waals surface area (Å²) in [5.41, 5.74) is 4.39. The number of hydrogen-bond acceptors (Lipinski definition) is 9. The van der Waals surface area contributed by atoms with Gasteiger partial charge in [0.1, 0.15) is 30.2 Å². The number of nitrogens with zero attached hydrogens (tertiary/aromatic N) is 2. The Bertz CT molecular complexity index is 574. The van der Waals surface area contributed by atoms with Crippen LogP contribution in [0.5, 0.6) is 0 Å². The Kier molecular flexibility index (Phi) is 3.72. The summed E-state index contributed by atoms with van der Waals surface area (Å²) in [6, 6.07) is 1.23. The second-order valence-corrected chi connectivity index (χ2v) is 4.28. The molecule has 0 radical (unpaired) electrons. The molecule has 0 spiro atoms. The van der Waals surface area contributed by atoms with Gasteiger partial charge in [0.15, 0.2) is 6.23 Å². The summed E-state index contributed by atoms with van der Waals surface area (Å²) in [7, 11) is 0. The van der Waals surface area contributed by atoms with E-state index < -0.39 is 42.3 Å². The molecule has 1 saturated heterocycles. The van der Waals surface area contributed by atoms with Gasteiger partial charge in [0, 0.05) is 6.20 Å². The lowest BCUT2D eigenvalue weighted by Gasteiger charge is -2.41. The Morgan fingerprint density at radius 2 is 2.00 bits per heavy atom. The van der Waals surface area contributed by atoms with E-state index in [0.29, 0.717) is 0 Å². The highest BCUT2D eigenvalue weighted by Crippen LogP contribution is 2.27. The van der Waals surface area contributed by atoms with Gasteiger partial charge in [0.25, 0.3) is 0 Å². The van der Waals surface area contributed by atoms with Gasteiger partial charge in [-0.15, -0.1) is 0 Å². The number of aromatic nitrogens is 2. The number of carboxylic acids is 1. The van der Waals surface area contributed by atoms with E-state index in [1.54, 1.807) is 0 Å². The van der Waals surface area contributed by atoms with Crippen LogP contribution in [0, 0.1) is 0 Å². The zero-order chi connectivity index (χ0) is 15.0. The summed E-state index contributed by atoms with van der Waals surface area (Å²) in [5, 5.41) is 39.7. The monoisotopic (exact) mass is 286 g/mol. The average molecular weight is 286 g/mol. The second-order valence-electron chi connectivity index (χ2n) is 4.28. The quantitative estimate of drug-likeness (QED) is 0.418. The summed E-state index contributed by atoms with van der Waals surface area (Å²) in [4.78, 5) is 25.8. The van der Waals surface area contributed by atoms with Crippen molar-refractivity contribution in [2.75, 3.05) is 5.73 Å². The van der Waals surface area contributed by atoms with Crippen LogP contribution in [0.1, 0.15) is 6.23 Å². The molecule has 1 fully saturated rings. The summed E-state index contributed by atoms with van der Waals surface area (Å²) in [6.45, 7) is 0. The van der Waals surface area contributed by atoms with Gasteiger partial charge in [-0.25, -0.2) is 4.79 Å². The smallest absolute Gasteiger partial charge is 0.351 e. The number of nitrogen functional groups attached to an aromatic ring is 1. The highest BCUT2D eigenvalue weighted by molar-refractivity contribution is 5.71. The van der Waals surface area contributed by atoms with Gasteiger partial charge in [0.05, 0.1) is 5.97 Å². The molecule has 1 aliphatic heterocycles. The lowest BCUT2D eigenvalue weighted by molar-refractivity contribution is -0.337. The maximum atomic E-state index is 11.6. The van der Waals surface area contributed by atoms with Gasteiger partial charge in [-0.2, -0.15) is 4.98 Å². The Morgan fingerprint density at radius 3 is 2.55 bits per heavy atom. The van der Waals surface area contributed by atoms with Crippen LogP contribution in [0.15, 0.2) is 17.1 Å².